The van der Waals surface area contributed by atoms with Crippen molar-refractivity contribution in [1.29, 1.82) is 0 Å². The summed E-state index contributed by atoms with van der Waals surface area (Å²) in [6.07, 6.45) is 2.02. The van der Waals surface area contributed by atoms with E-state index in [0.717, 1.165) is 23.9 Å². The fourth-order valence-electron chi connectivity index (χ4n) is 4.67. The molecule has 2 nitrogen and oxygen atoms in total. The number of nitrogens with zero attached hydrogens (tertiary/aromatic N) is 2. The Morgan fingerprint density at radius 2 is 1.03 bits per heavy atom. The van der Waals surface area contributed by atoms with Gasteiger partial charge in [-0.15, -0.1) is 0 Å². The maximum absolute atomic E-state index is 3.60. The topological polar surface area (TPSA) is 9.86 Å². The molecule has 0 saturated heterocycles. The van der Waals surface area contributed by atoms with Crippen LogP contribution in [-0.4, -0.2) is 9.35 Å². The Kier molecular flexibility index (Phi) is 3.76. The maximum Gasteiger partial charge on any atom is 0.0795 e. The highest BCUT2D eigenvalue weighted by molar-refractivity contribution is 6.11. The minimum Gasteiger partial charge on any atom is -0.247 e. The second kappa shape index (κ2) is 6.50. The molecule has 144 valence electrons. The SMILES string of the molecule is CCc1c[c]c2c(c1)c1ccccc1n2-n1c2[c]cc(CC)cc2c2ccccc21. The molecule has 0 fully saturated rings. The molecule has 0 atom stereocenters. The smallest absolute Gasteiger partial charge is 0.0795 e. The molecule has 0 saturated carbocycles. The van der Waals surface area contributed by atoms with E-state index >= 15 is 0 Å². The molecule has 0 unspecified atom stereocenters. The minimum atomic E-state index is 1.01. The van der Waals surface area contributed by atoms with Crippen LogP contribution in [0.3, 0.4) is 0 Å². The quantitative estimate of drug-likeness (QED) is 0.312. The number of rotatable bonds is 3. The van der Waals surface area contributed by atoms with Crippen LogP contribution in [0.5, 0.6) is 0 Å². The molecule has 2 radical (unpaired) electrons. The second-order valence-electron chi connectivity index (χ2n) is 7.91. The van der Waals surface area contributed by atoms with Crippen molar-refractivity contribution in [3.05, 3.63) is 96.1 Å². The molecule has 30 heavy (non-hydrogen) atoms. The van der Waals surface area contributed by atoms with Gasteiger partial charge in [0.2, 0.25) is 0 Å². The van der Waals surface area contributed by atoms with E-state index in [1.165, 1.54) is 43.7 Å². The Morgan fingerprint density at radius 1 is 0.600 bits per heavy atom. The van der Waals surface area contributed by atoms with Crippen molar-refractivity contribution in [2.75, 3.05) is 0 Å². The van der Waals surface area contributed by atoms with Crippen molar-refractivity contribution in [2.24, 2.45) is 0 Å². The van der Waals surface area contributed by atoms with Crippen LogP contribution in [0, 0.1) is 12.1 Å². The molecule has 4 aromatic carbocycles. The van der Waals surface area contributed by atoms with E-state index in [4.69, 9.17) is 0 Å². The molecule has 2 heteroatoms. The summed E-state index contributed by atoms with van der Waals surface area (Å²) in [4.78, 5) is 0. The first-order valence-corrected chi connectivity index (χ1v) is 10.7. The van der Waals surface area contributed by atoms with Crippen molar-refractivity contribution < 1.29 is 0 Å². The molecular formula is C28H22N2. The molecule has 2 aromatic heterocycles. The average Bonchev–Trinajstić information content (AvgIpc) is 3.30. The summed E-state index contributed by atoms with van der Waals surface area (Å²) >= 11 is 0. The lowest BCUT2D eigenvalue weighted by molar-refractivity contribution is 0.773. The van der Waals surface area contributed by atoms with Crippen molar-refractivity contribution >= 4 is 43.6 Å². The number of aromatic nitrogens is 2. The first kappa shape index (κ1) is 17.3. The van der Waals surface area contributed by atoms with Gasteiger partial charge in [-0.1, -0.05) is 50.2 Å². The highest BCUT2D eigenvalue weighted by atomic mass is 15.5. The van der Waals surface area contributed by atoms with Gasteiger partial charge in [-0.25, -0.2) is 9.35 Å². The Bertz CT molecular complexity index is 1440. The van der Waals surface area contributed by atoms with Gasteiger partial charge in [0, 0.05) is 33.7 Å². The first-order chi connectivity index (χ1) is 14.8. The zero-order valence-corrected chi connectivity index (χ0v) is 17.2. The third kappa shape index (κ3) is 2.31. The van der Waals surface area contributed by atoms with Gasteiger partial charge in [0.15, 0.2) is 0 Å². The Hall–Kier alpha value is -3.52. The predicted octanol–water partition coefficient (Wildman–Crippen LogP) is 6.94. The van der Waals surface area contributed by atoms with Gasteiger partial charge >= 0.3 is 0 Å². The number of para-hydroxylation sites is 2. The van der Waals surface area contributed by atoms with Crippen molar-refractivity contribution in [2.45, 2.75) is 26.7 Å². The van der Waals surface area contributed by atoms with E-state index in [9.17, 15) is 0 Å². The lowest BCUT2D eigenvalue weighted by Gasteiger charge is -2.13. The van der Waals surface area contributed by atoms with Gasteiger partial charge in [0.25, 0.3) is 0 Å². The van der Waals surface area contributed by atoms with E-state index in [2.05, 4.69) is 108 Å². The molecule has 0 aliphatic rings. The van der Waals surface area contributed by atoms with Crippen LogP contribution in [0.4, 0.5) is 0 Å². The number of aryl methyl sites for hydroxylation is 2. The molecule has 0 amide bonds. The van der Waals surface area contributed by atoms with E-state index in [-0.39, 0.29) is 0 Å². The van der Waals surface area contributed by atoms with Crippen molar-refractivity contribution in [3.63, 3.8) is 0 Å². The van der Waals surface area contributed by atoms with E-state index < -0.39 is 0 Å². The lowest BCUT2D eigenvalue weighted by Crippen LogP contribution is -2.08. The summed E-state index contributed by atoms with van der Waals surface area (Å²) in [6.45, 7) is 4.39. The summed E-state index contributed by atoms with van der Waals surface area (Å²) in [6, 6.07) is 33.4. The lowest BCUT2D eigenvalue weighted by atomic mass is 10.1. The largest absolute Gasteiger partial charge is 0.247 e. The number of benzene rings is 4. The molecule has 0 spiro atoms. The highest BCUT2D eigenvalue weighted by Gasteiger charge is 2.18. The minimum absolute atomic E-state index is 1.01. The van der Waals surface area contributed by atoms with Crippen LogP contribution in [0.1, 0.15) is 25.0 Å². The molecular weight excluding hydrogens is 364 g/mol. The van der Waals surface area contributed by atoms with Crippen LogP contribution < -0.4 is 0 Å². The number of hydrogen-bond donors (Lipinski definition) is 0. The van der Waals surface area contributed by atoms with Gasteiger partial charge in [-0.2, -0.15) is 0 Å². The van der Waals surface area contributed by atoms with Gasteiger partial charge in [-0.3, -0.25) is 0 Å². The monoisotopic (exact) mass is 386 g/mol. The zero-order chi connectivity index (χ0) is 20.2. The fraction of sp³-hybridized carbons (Fsp3) is 0.143. The normalized spacial score (nSPS) is 11.9. The standard InChI is InChI=1S/C28H22N2/c1-3-19-13-15-27-23(17-19)21-9-5-7-11-25(21)29(27)30-26-12-8-6-10-22(26)24-18-20(4-2)14-16-28(24)30/h5-14,17-18H,3-4H2,1-2H3. The van der Waals surface area contributed by atoms with Crippen LogP contribution in [0.25, 0.3) is 43.6 Å². The van der Waals surface area contributed by atoms with Crippen LogP contribution in [0.2, 0.25) is 0 Å². The second-order valence-corrected chi connectivity index (χ2v) is 7.91. The molecule has 0 aliphatic carbocycles. The van der Waals surface area contributed by atoms with Crippen LogP contribution >= 0.6 is 0 Å². The average molecular weight is 386 g/mol. The van der Waals surface area contributed by atoms with Crippen LogP contribution in [-0.2, 0) is 12.8 Å². The van der Waals surface area contributed by atoms with E-state index in [1.54, 1.807) is 0 Å². The van der Waals surface area contributed by atoms with Crippen LogP contribution in [0.15, 0.2) is 72.8 Å². The summed E-state index contributed by atoms with van der Waals surface area (Å²) in [5, 5.41) is 5.02. The molecule has 0 bridgehead atoms. The van der Waals surface area contributed by atoms with E-state index in [0.29, 0.717) is 0 Å². The summed E-state index contributed by atoms with van der Waals surface area (Å²) in [7, 11) is 0. The van der Waals surface area contributed by atoms with Gasteiger partial charge in [-0.05, 0) is 60.4 Å². The first-order valence-electron chi connectivity index (χ1n) is 10.7. The van der Waals surface area contributed by atoms with Gasteiger partial charge in [0.1, 0.15) is 0 Å². The molecule has 6 aromatic rings. The third-order valence-corrected chi connectivity index (χ3v) is 6.24. The number of hydrogen-bond acceptors (Lipinski definition) is 0. The molecule has 2 heterocycles. The Morgan fingerprint density at radius 3 is 1.47 bits per heavy atom. The zero-order valence-electron chi connectivity index (χ0n) is 17.2. The highest BCUT2D eigenvalue weighted by Crippen LogP contribution is 2.35. The summed E-state index contributed by atoms with van der Waals surface area (Å²) in [5.41, 5.74) is 7.20. The maximum atomic E-state index is 3.60. The summed E-state index contributed by atoms with van der Waals surface area (Å²) < 4.78 is 4.63. The Balaban J connectivity index is 1.84. The fourth-order valence-corrected chi connectivity index (χ4v) is 4.67. The molecule has 0 aliphatic heterocycles. The van der Waals surface area contributed by atoms with Crippen molar-refractivity contribution in [1.82, 2.24) is 9.35 Å². The van der Waals surface area contributed by atoms with Gasteiger partial charge < -0.3 is 0 Å². The van der Waals surface area contributed by atoms with Crippen molar-refractivity contribution in [3.8, 4) is 0 Å². The Labute approximate surface area is 175 Å². The summed E-state index contributed by atoms with van der Waals surface area (Å²) in [5.74, 6) is 0. The molecule has 6 rings (SSSR count). The predicted molar refractivity (Wildman–Crippen MR) is 126 cm³/mol. The number of fused-ring (bicyclic) bond motifs is 6. The molecule has 0 N–H and O–H groups in total. The van der Waals surface area contributed by atoms with Gasteiger partial charge in [0.05, 0.1) is 22.1 Å². The van der Waals surface area contributed by atoms with E-state index in [1.807, 2.05) is 0 Å². The third-order valence-electron chi connectivity index (χ3n) is 6.24.